The van der Waals surface area contributed by atoms with Gasteiger partial charge in [-0.05, 0) is 55.0 Å². The largest absolute Gasteiger partial charge is 0.354 e. The Morgan fingerprint density at radius 3 is 2.60 bits per heavy atom. The van der Waals surface area contributed by atoms with Crippen LogP contribution in [0.25, 0.3) is 6.08 Å². The highest BCUT2D eigenvalue weighted by Crippen LogP contribution is 2.24. The van der Waals surface area contributed by atoms with Crippen molar-refractivity contribution in [2.24, 2.45) is 5.92 Å². The van der Waals surface area contributed by atoms with Crippen molar-refractivity contribution >= 4 is 23.7 Å². The molecule has 2 N–H and O–H groups in total. The van der Waals surface area contributed by atoms with E-state index in [-0.39, 0.29) is 11.8 Å². The van der Waals surface area contributed by atoms with Crippen molar-refractivity contribution in [3.05, 3.63) is 60.1 Å². The third kappa shape index (κ3) is 7.62. The molecular weight excluding hydrogens is 440 g/mol. The fraction of sp³-hybridized carbons (Fsp3) is 0.481. The summed E-state index contributed by atoms with van der Waals surface area (Å²) in [6.45, 7) is 6.13. The van der Waals surface area contributed by atoms with Crippen molar-refractivity contribution in [1.82, 2.24) is 25.5 Å². The maximum Gasteiger partial charge on any atom is 0.255 e. The molecule has 0 aliphatic carbocycles. The zero-order chi connectivity index (χ0) is 24.3. The van der Waals surface area contributed by atoms with Gasteiger partial charge in [0, 0.05) is 70.5 Å². The van der Waals surface area contributed by atoms with E-state index in [9.17, 15) is 9.59 Å². The number of pyridine rings is 2. The fourth-order valence-electron chi connectivity index (χ4n) is 4.68. The molecule has 35 heavy (non-hydrogen) atoms. The molecule has 8 nitrogen and oxygen atoms in total. The topological polar surface area (TPSA) is 90.5 Å². The Labute approximate surface area is 207 Å². The van der Waals surface area contributed by atoms with E-state index in [0.717, 1.165) is 82.8 Å². The van der Waals surface area contributed by atoms with Crippen LogP contribution in [0.3, 0.4) is 0 Å². The number of unbranched alkanes of at least 4 members (excludes halogenated alkanes) is 1. The van der Waals surface area contributed by atoms with Crippen LogP contribution in [-0.2, 0) is 4.79 Å². The first-order valence-corrected chi connectivity index (χ1v) is 12.8. The zero-order valence-electron chi connectivity index (χ0n) is 20.4. The van der Waals surface area contributed by atoms with Crippen molar-refractivity contribution in [3.63, 3.8) is 0 Å². The molecule has 0 atom stereocenters. The van der Waals surface area contributed by atoms with Gasteiger partial charge >= 0.3 is 0 Å². The lowest BCUT2D eigenvalue weighted by Gasteiger charge is -2.32. The minimum Gasteiger partial charge on any atom is -0.354 e. The lowest BCUT2D eigenvalue weighted by Crippen LogP contribution is -2.44. The van der Waals surface area contributed by atoms with E-state index in [1.54, 1.807) is 30.7 Å². The van der Waals surface area contributed by atoms with Gasteiger partial charge in [0.1, 0.15) is 5.82 Å². The third-order valence-electron chi connectivity index (χ3n) is 6.79. The minimum atomic E-state index is -0.0730. The SMILES string of the molecule is O=C(/C=C/c1cccnc1)NCCCCC1CCN(C(=O)c2ccc(N3CCNCC3)nc2)CC1. The van der Waals surface area contributed by atoms with Gasteiger partial charge in [-0.2, -0.15) is 0 Å². The maximum atomic E-state index is 12.9. The van der Waals surface area contributed by atoms with E-state index in [1.165, 1.54) is 0 Å². The predicted molar refractivity (Wildman–Crippen MR) is 138 cm³/mol. The van der Waals surface area contributed by atoms with Gasteiger partial charge in [0.05, 0.1) is 5.56 Å². The second-order valence-corrected chi connectivity index (χ2v) is 9.28. The van der Waals surface area contributed by atoms with Gasteiger partial charge in [-0.3, -0.25) is 14.6 Å². The van der Waals surface area contributed by atoms with Crippen molar-refractivity contribution in [1.29, 1.82) is 0 Å². The van der Waals surface area contributed by atoms with Gasteiger partial charge < -0.3 is 20.4 Å². The molecule has 0 unspecified atom stereocenters. The number of nitrogens with one attached hydrogen (secondary N) is 2. The summed E-state index contributed by atoms with van der Waals surface area (Å²) in [5.74, 6) is 1.61. The molecule has 4 rings (SSSR count). The van der Waals surface area contributed by atoms with Gasteiger partial charge in [0.2, 0.25) is 5.91 Å². The normalized spacial score (nSPS) is 17.0. The smallest absolute Gasteiger partial charge is 0.255 e. The van der Waals surface area contributed by atoms with E-state index in [1.807, 2.05) is 29.2 Å². The number of likely N-dealkylation sites (tertiary alicyclic amines) is 1. The Morgan fingerprint density at radius 2 is 1.89 bits per heavy atom. The fourth-order valence-corrected chi connectivity index (χ4v) is 4.68. The summed E-state index contributed by atoms with van der Waals surface area (Å²) in [6, 6.07) is 7.65. The van der Waals surface area contributed by atoms with Crippen LogP contribution in [0.15, 0.2) is 48.9 Å². The monoisotopic (exact) mass is 476 g/mol. The number of aromatic nitrogens is 2. The van der Waals surface area contributed by atoms with E-state index in [2.05, 4.69) is 25.5 Å². The summed E-state index contributed by atoms with van der Waals surface area (Å²) in [7, 11) is 0. The van der Waals surface area contributed by atoms with Gasteiger partial charge in [0.25, 0.3) is 5.91 Å². The molecular formula is C27H36N6O2. The van der Waals surface area contributed by atoms with Crippen LogP contribution in [-0.4, -0.2) is 72.5 Å². The van der Waals surface area contributed by atoms with Crippen LogP contribution >= 0.6 is 0 Å². The van der Waals surface area contributed by atoms with E-state index in [0.29, 0.717) is 18.0 Å². The Balaban J connectivity index is 1.10. The number of anilines is 1. The molecule has 0 radical (unpaired) electrons. The summed E-state index contributed by atoms with van der Waals surface area (Å²) < 4.78 is 0. The summed E-state index contributed by atoms with van der Waals surface area (Å²) >= 11 is 0. The lowest BCUT2D eigenvalue weighted by atomic mass is 9.91. The van der Waals surface area contributed by atoms with Crippen LogP contribution in [0.1, 0.15) is 48.0 Å². The number of amides is 2. The molecule has 186 valence electrons. The molecule has 0 aromatic carbocycles. The number of piperazine rings is 1. The molecule has 0 saturated carbocycles. The predicted octanol–water partition coefficient (Wildman–Crippen LogP) is 2.74. The molecule has 2 aliphatic heterocycles. The van der Waals surface area contributed by atoms with Gasteiger partial charge in [-0.15, -0.1) is 0 Å². The Bertz CT molecular complexity index is 965. The molecule has 2 amide bonds. The van der Waals surface area contributed by atoms with Gasteiger partial charge in [-0.1, -0.05) is 18.9 Å². The van der Waals surface area contributed by atoms with Crippen molar-refractivity contribution in [3.8, 4) is 0 Å². The number of nitrogens with zero attached hydrogens (tertiary/aromatic N) is 4. The molecule has 0 spiro atoms. The van der Waals surface area contributed by atoms with E-state index in [4.69, 9.17) is 0 Å². The molecule has 2 aromatic heterocycles. The summed E-state index contributed by atoms with van der Waals surface area (Å²) in [5.41, 5.74) is 1.59. The second-order valence-electron chi connectivity index (χ2n) is 9.28. The number of piperidine rings is 1. The highest BCUT2D eigenvalue weighted by molar-refractivity contribution is 5.94. The Hall–Kier alpha value is -3.26. The molecule has 2 fully saturated rings. The summed E-state index contributed by atoms with van der Waals surface area (Å²) in [6.07, 6.45) is 13.8. The molecule has 0 bridgehead atoms. The number of hydrogen-bond acceptors (Lipinski definition) is 6. The second kappa shape index (κ2) is 13.0. The first-order chi connectivity index (χ1) is 17.2. The van der Waals surface area contributed by atoms with Crippen molar-refractivity contribution in [2.75, 3.05) is 50.7 Å². The maximum absolute atomic E-state index is 12.9. The van der Waals surface area contributed by atoms with E-state index < -0.39 is 0 Å². The highest BCUT2D eigenvalue weighted by atomic mass is 16.2. The number of carbonyl (C=O) groups is 2. The minimum absolute atomic E-state index is 0.0730. The number of hydrogen-bond donors (Lipinski definition) is 2. The van der Waals surface area contributed by atoms with Crippen LogP contribution in [0.4, 0.5) is 5.82 Å². The van der Waals surface area contributed by atoms with Crippen LogP contribution in [0.2, 0.25) is 0 Å². The molecule has 2 saturated heterocycles. The molecule has 2 aliphatic rings. The highest BCUT2D eigenvalue weighted by Gasteiger charge is 2.24. The Kier molecular flexibility index (Phi) is 9.23. The zero-order valence-corrected chi connectivity index (χ0v) is 20.4. The molecule has 4 heterocycles. The third-order valence-corrected chi connectivity index (χ3v) is 6.79. The lowest BCUT2D eigenvalue weighted by molar-refractivity contribution is -0.116. The number of carbonyl (C=O) groups excluding carboxylic acids is 2. The first-order valence-electron chi connectivity index (χ1n) is 12.8. The summed E-state index contributed by atoms with van der Waals surface area (Å²) in [4.78, 5) is 37.6. The van der Waals surface area contributed by atoms with E-state index >= 15 is 0 Å². The molecule has 8 heteroatoms. The van der Waals surface area contributed by atoms with Crippen LogP contribution < -0.4 is 15.5 Å². The van der Waals surface area contributed by atoms with Crippen LogP contribution in [0, 0.1) is 5.92 Å². The quantitative estimate of drug-likeness (QED) is 0.427. The number of rotatable bonds is 9. The van der Waals surface area contributed by atoms with Crippen molar-refractivity contribution in [2.45, 2.75) is 32.1 Å². The standard InChI is InChI=1S/C27H36N6O2/c34-26(9-6-23-5-3-12-29-20-23)30-13-2-1-4-22-10-16-33(17-11-22)27(35)24-7-8-25(31-21-24)32-18-14-28-15-19-32/h3,5-9,12,20-22,28H,1-2,4,10-11,13-19H2,(H,30,34)/b9-6+. The van der Waals surface area contributed by atoms with Crippen LogP contribution in [0.5, 0.6) is 0 Å². The molecule has 2 aromatic rings. The Morgan fingerprint density at radius 1 is 1.06 bits per heavy atom. The van der Waals surface area contributed by atoms with Crippen molar-refractivity contribution < 1.29 is 9.59 Å². The summed E-state index contributed by atoms with van der Waals surface area (Å²) in [5, 5.41) is 6.29. The van der Waals surface area contributed by atoms with Gasteiger partial charge in [0.15, 0.2) is 0 Å². The van der Waals surface area contributed by atoms with Gasteiger partial charge in [-0.25, -0.2) is 4.98 Å². The first kappa shape index (κ1) is 24.9. The average Bonchev–Trinajstić information content (AvgIpc) is 2.93. The average molecular weight is 477 g/mol.